The van der Waals surface area contributed by atoms with Crippen molar-refractivity contribution in [3.8, 4) is 0 Å². The Balaban J connectivity index is 1.81. The lowest BCUT2D eigenvalue weighted by Gasteiger charge is -2.25. The van der Waals surface area contributed by atoms with Crippen LogP contribution in [0.3, 0.4) is 0 Å². The summed E-state index contributed by atoms with van der Waals surface area (Å²) in [4.78, 5) is 11.8. The fourth-order valence-electron chi connectivity index (χ4n) is 3.35. The highest BCUT2D eigenvalue weighted by Gasteiger charge is 2.43. The van der Waals surface area contributed by atoms with Gasteiger partial charge in [-0.05, 0) is 37.5 Å². The van der Waals surface area contributed by atoms with Crippen LogP contribution in [0, 0.1) is 6.92 Å². The molecular formula is C20H21F3N2O3S. The smallest absolute Gasteiger partial charge is 0.351 e. The third kappa shape index (κ3) is 4.62. The van der Waals surface area contributed by atoms with Crippen LogP contribution in [-0.4, -0.2) is 31.2 Å². The van der Waals surface area contributed by atoms with Crippen molar-refractivity contribution in [1.29, 1.82) is 0 Å². The molecule has 1 aliphatic heterocycles. The number of benzene rings is 2. The molecule has 0 radical (unpaired) electrons. The van der Waals surface area contributed by atoms with E-state index in [-0.39, 0.29) is 19.5 Å². The SMILES string of the molecule is Cc1ccc(CNC(=O)[C@H]2CCCN2S(=O)(=O)c2ccccc2C(F)(F)F)cc1. The maximum absolute atomic E-state index is 13.3. The summed E-state index contributed by atoms with van der Waals surface area (Å²) >= 11 is 0. The highest BCUT2D eigenvalue weighted by molar-refractivity contribution is 7.89. The number of carbonyl (C=O) groups excluding carboxylic acids is 1. The van der Waals surface area contributed by atoms with E-state index in [4.69, 9.17) is 0 Å². The fraction of sp³-hybridized carbons (Fsp3) is 0.350. The lowest BCUT2D eigenvalue weighted by Crippen LogP contribution is -2.46. The van der Waals surface area contributed by atoms with Crippen LogP contribution in [0.15, 0.2) is 53.4 Å². The van der Waals surface area contributed by atoms with Crippen molar-refractivity contribution < 1.29 is 26.4 Å². The highest BCUT2D eigenvalue weighted by atomic mass is 32.2. The number of sulfonamides is 1. The van der Waals surface area contributed by atoms with Gasteiger partial charge in [0.15, 0.2) is 0 Å². The lowest BCUT2D eigenvalue weighted by atomic mass is 10.1. The van der Waals surface area contributed by atoms with E-state index in [1.165, 1.54) is 6.07 Å². The largest absolute Gasteiger partial charge is 0.417 e. The number of hydrogen-bond donors (Lipinski definition) is 1. The van der Waals surface area contributed by atoms with Gasteiger partial charge in [0.2, 0.25) is 15.9 Å². The van der Waals surface area contributed by atoms with Crippen molar-refractivity contribution in [2.24, 2.45) is 0 Å². The summed E-state index contributed by atoms with van der Waals surface area (Å²) in [6, 6.07) is 10.5. The summed E-state index contributed by atoms with van der Waals surface area (Å²) < 4.78 is 66.7. The average Bonchev–Trinajstić information content (AvgIpc) is 3.17. The average molecular weight is 426 g/mol. The Kier molecular flexibility index (Phi) is 6.00. The van der Waals surface area contributed by atoms with Crippen LogP contribution in [0.4, 0.5) is 13.2 Å². The van der Waals surface area contributed by atoms with E-state index < -0.39 is 38.6 Å². The molecule has 0 aromatic heterocycles. The van der Waals surface area contributed by atoms with E-state index in [1.807, 2.05) is 31.2 Å². The molecule has 5 nitrogen and oxygen atoms in total. The first-order valence-corrected chi connectivity index (χ1v) is 10.6. The summed E-state index contributed by atoms with van der Waals surface area (Å²) in [5.41, 5.74) is 0.681. The van der Waals surface area contributed by atoms with Gasteiger partial charge in [-0.1, -0.05) is 42.0 Å². The molecule has 2 aromatic rings. The maximum atomic E-state index is 13.3. The van der Waals surface area contributed by atoms with Crippen LogP contribution in [0.1, 0.15) is 29.5 Å². The van der Waals surface area contributed by atoms with Crippen molar-refractivity contribution in [3.63, 3.8) is 0 Å². The number of nitrogens with zero attached hydrogens (tertiary/aromatic N) is 1. The highest BCUT2D eigenvalue weighted by Crippen LogP contribution is 2.36. The van der Waals surface area contributed by atoms with E-state index in [9.17, 15) is 26.4 Å². The Morgan fingerprint density at radius 1 is 1.14 bits per heavy atom. The molecule has 1 atom stereocenters. The van der Waals surface area contributed by atoms with Crippen LogP contribution in [0.2, 0.25) is 0 Å². The Labute approximate surface area is 167 Å². The van der Waals surface area contributed by atoms with Crippen LogP contribution in [0.25, 0.3) is 0 Å². The third-order valence-corrected chi connectivity index (χ3v) is 6.84. The first kappa shape index (κ1) is 21.3. The first-order valence-electron chi connectivity index (χ1n) is 9.12. The van der Waals surface area contributed by atoms with Crippen LogP contribution >= 0.6 is 0 Å². The monoisotopic (exact) mass is 426 g/mol. The molecule has 0 bridgehead atoms. The third-order valence-electron chi connectivity index (χ3n) is 4.87. The number of rotatable bonds is 5. The molecule has 0 unspecified atom stereocenters. The lowest BCUT2D eigenvalue weighted by molar-refractivity contribution is -0.139. The molecule has 0 aliphatic carbocycles. The molecular weight excluding hydrogens is 405 g/mol. The summed E-state index contributed by atoms with van der Waals surface area (Å²) in [5.74, 6) is -0.517. The normalized spacial score (nSPS) is 18.0. The van der Waals surface area contributed by atoms with Crippen molar-refractivity contribution in [2.75, 3.05) is 6.54 Å². The molecule has 9 heteroatoms. The van der Waals surface area contributed by atoms with Crippen LogP contribution < -0.4 is 5.32 Å². The molecule has 1 saturated heterocycles. The molecule has 2 aromatic carbocycles. The minimum atomic E-state index is -4.81. The zero-order valence-electron chi connectivity index (χ0n) is 15.7. The fourth-order valence-corrected chi connectivity index (χ4v) is 5.23. The summed E-state index contributed by atoms with van der Waals surface area (Å²) in [6.45, 7) is 2.14. The maximum Gasteiger partial charge on any atom is 0.417 e. The quantitative estimate of drug-likeness (QED) is 0.796. The predicted molar refractivity (Wildman–Crippen MR) is 101 cm³/mol. The number of aryl methyl sites for hydroxylation is 1. The van der Waals surface area contributed by atoms with Gasteiger partial charge < -0.3 is 5.32 Å². The molecule has 1 N–H and O–H groups in total. The Morgan fingerprint density at radius 3 is 2.45 bits per heavy atom. The Bertz CT molecular complexity index is 989. The van der Waals surface area contributed by atoms with E-state index in [0.717, 1.165) is 33.6 Å². The van der Waals surface area contributed by atoms with Gasteiger partial charge in [-0.25, -0.2) is 8.42 Å². The Morgan fingerprint density at radius 2 is 1.79 bits per heavy atom. The number of carbonyl (C=O) groups is 1. The minimum absolute atomic E-state index is 0.00283. The van der Waals surface area contributed by atoms with Gasteiger partial charge in [0.05, 0.1) is 10.5 Å². The summed E-state index contributed by atoms with van der Waals surface area (Å²) in [6.07, 6.45) is -4.16. The second-order valence-electron chi connectivity index (χ2n) is 6.97. The molecule has 0 spiro atoms. The first-order chi connectivity index (χ1) is 13.6. The van der Waals surface area contributed by atoms with Gasteiger partial charge in [-0.2, -0.15) is 17.5 Å². The van der Waals surface area contributed by atoms with Gasteiger partial charge in [-0.3, -0.25) is 4.79 Å². The topological polar surface area (TPSA) is 66.5 Å². The van der Waals surface area contributed by atoms with Gasteiger partial charge >= 0.3 is 6.18 Å². The van der Waals surface area contributed by atoms with Crippen molar-refractivity contribution >= 4 is 15.9 Å². The van der Waals surface area contributed by atoms with Crippen LogP contribution in [-0.2, 0) is 27.5 Å². The molecule has 29 heavy (non-hydrogen) atoms. The van der Waals surface area contributed by atoms with Gasteiger partial charge in [0.25, 0.3) is 0 Å². The molecule has 1 aliphatic rings. The van der Waals surface area contributed by atoms with Crippen LogP contribution in [0.5, 0.6) is 0 Å². The molecule has 1 amide bonds. The number of alkyl halides is 3. The molecule has 3 rings (SSSR count). The Hall–Kier alpha value is -2.39. The van der Waals surface area contributed by atoms with Crippen molar-refractivity contribution in [3.05, 3.63) is 65.2 Å². The summed E-state index contributed by atoms with van der Waals surface area (Å²) in [7, 11) is -4.48. The zero-order valence-corrected chi connectivity index (χ0v) is 16.6. The summed E-state index contributed by atoms with van der Waals surface area (Å²) in [5, 5.41) is 2.69. The van der Waals surface area contributed by atoms with Gasteiger partial charge in [0.1, 0.15) is 6.04 Å². The second-order valence-corrected chi connectivity index (χ2v) is 8.83. The number of hydrogen-bond acceptors (Lipinski definition) is 3. The molecule has 0 saturated carbocycles. The van der Waals surface area contributed by atoms with E-state index in [2.05, 4.69) is 5.32 Å². The number of amides is 1. The van der Waals surface area contributed by atoms with Crippen molar-refractivity contribution in [1.82, 2.24) is 9.62 Å². The number of nitrogens with one attached hydrogen (secondary N) is 1. The van der Waals surface area contributed by atoms with E-state index >= 15 is 0 Å². The van der Waals surface area contributed by atoms with E-state index in [0.29, 0.717) is 6.42 Å². The molecule has 156 valence electrons. The van der Waals surface area contributed by atoms with Gasteiger partial charge in [-0.15, -0.1) is 0 Å². The second kappa shape index (κ2) is 8.16. The minimum Gasteiger partial charge on any atom is -0.351 e. The predicted octanol–water partition coefficient (Wildman–Crippen LogP) is 3.48. The molecule has 1 heterocycles. The standard InChI is InChI=1S/C20H21F3N2O3S/c1-14-8-10-15(11-9-14)13-24-19(26)17-6-4-12-25(17)29(27,28)18-7-3-2-5-16(18)20(21,22)23/h2-3,5,7-11,17H,4,6,12-13H2,1H3,(H,24,26)/t17-/m1/s1. The molecule has 1 fully saturated rings. The zero-order chi connectivity index (χ0) is 21.2. The number of halogens is 3. The van der Waals surface area contributed by atoms with Crippen molar-refractivity contribution in [2.45, 2.75) is 43.4 Å². The van der Waals surface area contributed by atoms with E-state index in [1.54, 1.807) is 0 Å². The van der Waals surface area contributed by atoms with Gasteiger partial charge in [0, 0.05) is 13.1 Å².